The Kier molecular flexibility index (Phi) is 8.40. The summed E-state index contributed by atoms with van der Waals surface area (Å²) in [5.41, 5.74) is 10.4. The summed E-state index contributed by atoms with van der Waals surface area (Å²) in [5, 5.41) is 7.34. The molecule has 7 aromatic rings. The zero-order chi connectivity index (χ0) is 34.4. The van der Waals surface area contributed by atoms with E-state index in [1.165, 1.54) is 27.5 Å². The first-order chi connectivity index (χ1) is 23.5. The van der Waals surface area contributed by atoms with Crippen molar-refractivity contribution < 1.29 is 4.74 Å². The second-order valence-electron chi connectivity index (χ2n) is 14.9. The molecule has 3 aromatic heterocycles. The average molecular weight is 647 g/mol. The second kappa shape index (κ2) is 12.7. The highest BCUT2D eigenvalue weighted by Gasteiger charge is 2.23. The fourth-order valence-electron chi connectivity index (χ4n) is 7.01. The molecule has 248 valence electrons. The molecule has 0 aliphatic heterocycles. The van der Waals surface area contributed by atoms with E-state index >= 15 is 0 Å². The number of pyridine rings is 1. The zero-order valence-corrected chi connectivity index (χ0v) is 30.0. The van der Waals surface area contributed by atoms with Gasteiger partial charge in [-0.2, -0.15) is 5.10 Å². The average Bonchev–Trinajstić information content (AvgIpc) is 3.56. The maximum Gasteiger partial charge on any atom is 0.137 e. The van der Waals surface area contributed by atoms with Crippen LogP contribution in [-0.2, 0) is 6.42 Å². The number of nitrogens with zero attached hydrogens (tertiary/aromatic N) is 4. The number of rotatable bonds is 8. The Morgan fingerprint density at radius 3 is 2.27 bits per heavy atom. The Bertz CT molecular complexity index is 2280. The third-order valence-corrected chi connectivity index (χ3v) is 9.90. The smallest absolute Gasteiger partial charge is 0.137 e. The van der Waals surface area contributed by atoms with Gasteiger partial charge in [-0.3, -0.25) is 4.57 Å². The van der Waals surface area contributed by atoms with Crippen LogP contribution in [0.5, 0.6) is 11.5 Å². The van der Waals surface area contributed by atoms with Gasteiger partial charge in [0.25, 0.3) is 0 Å². The molecule has 0 aliphatic rings. The van der Waals surface area contributed by atoms with E-state index in [4.69, 9.17) is 14.8 Å². The van der Waals surface area contributed by atoms with Crippen molar-refractivity contribution in [2.75, 3.05) is 0 Å². The van der Waals surface area contributed by atoms with Crippen molar-refractivity contribution in [3.63, 3.8) is 0 Å². The van der Waals surface area contributed by atoms with Crippen LogP contribution in [0.4, 0.5) is 0 Å². The predicted molar refractivity (Wildman–Crippen MR) is 204 cm³/mol. The number of benzene rings is 4. The van der Waals surface area contributed by atoms with E-state index in [1.54, 1.807) is 0 Å². The van der Waals surface area contributed by atoms with Crippen LogP contribution in [0.2, 0.25) is 0 Å². The van der Waals surface area contributed by atoms with Crippen molar-refractivity contribution in [2.45, 2.75) is 67.7 Å². The Hall–Kier alpha value is -5.16. The van der Waals surface area contributed by atoms with Crippen LogP contribution in [0.25, 0.3) is 44.4 Å². The minimum Gasteiger partial charge on any atom is -0.457 e. The number of aryl methyl sites for hydroxylation is 1. The molecule has 0 radical (unpaired) electrons. The normalized spacial score (nSPS) is 12.7. The van der Waals surface area contributed by atoms with Crippen LogP contribution in [-0.4, -0.2) is 19.3 Å². The summed E-state index contributed by atoms with van der Waals surface area (Å²) in [7, 11) is 0. The standard InChI is InChI=1S/C44H46N4O/c1-28(2)23-32-21-22-45-42(24-32)47-40-20-17-34(29(3)44(6,7)8)25-39(40)38-19-18-37(27-41(38)47)49-36-16-12-15-35(26-36)48-31(5)43(30(4)46-48)33-13-10-9-11-14-33/h9-22,24-29H,23H2,1-8H3. The minimum atomic E-state index is 0.158. The van der Waals surface area contributed by atoms with Crippen molar-refractivity contribution in [2.24, 2.45) is 11.3 Å². The predicted octanol–water partition coefficient (Wildman–Crippen LogP) is 11.8. The lowest BCUT2D eigenvalue weighted by Gasteiger charge is -2.27. The molecular formula is C44H46N4O. The van der Waals surface area contributed by atoms with Gasteiger partial charge in [-0.1, -0.05) is 84.0 Å². The van der Waals surface area contributed by atoms with Crippen LogP contribution in [0, 0.1) is 25.2 Å². The van der Waals surface area contributed by atoms with Gasteiger partial charge in [0.15, 0.2) is 0 Å². The Morgan fingerprint density at radius 1 is 0.735 bits per heavy atom. The van der Waals surface area contributed by atoms with Crippen LogP contribution in [0.1, 0.15) is 70.0 Å². The number of ether oxygens (including phenoxy) is 1. The third-order valence-electron chi connectivity index (χ3n) is 9.90. The molecule has 4 aromatic carbocycles. The lowest BCUT2D eigenvalue weighted by molar-refractivity contribution is 0.340. The summed E-state index contributed by atoms with van der Waals surface area (Å²) >= 11 is 0. The summed E-state index contributed by atoms with van der Waals surface area (Å²) in [6.07, 6.45) is 2.95. The molecule has 5 nitrogen and oxygen atoms in total. The molecular weight excluding hydrogens is 601 g/mol. The molecule has 5 heteroatoms. The number of hydrogen-bond donors (Lipinski definition) is 0. The van der Waals surface area contributed by atoms with E-state index in [9.17, 15) is 0 Å². The molecule has 1 atom stereocenters. The zero-order valence-electron chi connectivity index (χ0n) is 30.0. The molecule has 0 saturated carbocycles. The van der Waals surface area contributed by atoms with E-state index in [-0.39, 0.29) is 5.41 Å². The van der Waals surface area contributed by atoms with Gasteiger partial charge in [0, 0.05) is 40.4 Å². The molecule has 49 heavy (non-hydrogen) atoms. The first-order valence-electron chi connectivity index (χ1n) is 17.4. The molecule has 0 amide bonds. The minimum absolute atomic E-state index is 0.158. The maximum atomic E-state index is 6.61. The maximum absolute atomic E-state index is 6.61. The summed E-state index contributed by atoms with van der Waals surface area (Å²) in [4.78, 5) is 4.90. The van der Waals surface area contributed by atoms with Gasteiger partial charge in [-0.25, -0.2) is 9.67 Å². The Balaban J connectivity index is 1.31. The molecule has 0 bridgehead atoms. The van der Waals surface area contributed by atoms with Gasteiger partial charge in [0.2, 0.25) is 0 Å². The second-order valence-corrected chi connectivity index (χ2v) is 14.9. The molecule has 7 rings (SSSR count). The van der Waals surface area contributed by atoms with Crippen molar-refractivity contribution in [3.05, 3.63) is 132 Å². The molecule has 0 spiro atoms. The van der Waals surface area contributed by atoms with Crippen LogP contribution in [0.15, 0.2) is 109 Å². The first-order valence-corrected chi connectivity index (χ1v) is 17.4. The number of fused-ring (bicyclic) bond motifs is 3. The Labute approximate surface area is 290 Å². The van der Waals surface area contributed by atoms with Crippen molar-refractivity contribution in [1.82, 2.24) is 19.3 Å². The highest BCUT2D eigenvalue weighted by atomic mass is 16.5. The van der Waals surface area contributed by atoms with E-state index in [0.29, 0.717) is 11.8 Å². The fraction of sp³-hybridized carbons (Fsp3) is 0.273. The van der Waals surface area contributed by atoms with E-state index in [2.05, 4.69) is 145 Å². The molecule has 0 saturated heterocycles. The molecule has 1 unspecified atom stereocenters. The van der Waals surface area contributed by atoms with Gasteiger partial charge in [0.05, 0.1) is 22.4 Å². The van der Waals surface area contributed by atoms with Crippen LogP contribution >= 0.6 is 0 Å². The van der Waals surface area contributed by atoms with Crippen LogP contribution in [0.3, 0.4) is 0 Å². The Morgan fingerprint density at radius 2 is 1.51 bits per heavy atom. The third kappa shape index (κ3) is 6.26. The van der Waals surface area contributed by atoms with Gasteiger partial charge in [-0.15, -0.1) is 0 Å². The van der Waals surface area contributed by atoms with E-state index < -0.39 is 0 Å². The van der Waals surface area contributed by atoms with Crippen LogP contribution < -0.4 is 4.74 Å². The first kappa shape index (κ1) is 32.4. The quantitative estimate of drug-likeness (QED) is 0.165. The SMILES string of the molecule is Cc1nn(-c2cccc(Oc3ccc4c5cc(C(C)C(C)(C)C)ccc5n(-c5cc(CC(C)C)ccn5)c4c3)c2)c(C)c1-c1ccccc1. The fourth-order valence-corrected chi connectivity index (χ4v) is 7.01. The summed E-state index contributed by atoms with van der Waals surface area (Å²) in [6.45, 7) is 18.0. The topological polar surface area (TPSA) is 44.9 Å². The summed E-state index contributed by atoms with van der Waals surface area (Å²) < 4.78 is 10.9. The summed E-state index contributed by atoms with van der Waals surface area (Å²) in [6, 6.07) is 36.4. The number of aromatic nitrogens is 4. The van der Waals surface area contributed by atoms with Crippen molar-refractivity contribution in [3.8, 4) is 34.1 Å². The molecule has 3 heterocycles. The van der Waals surface area contributed by atoms with Crippen molar-refractivity contribution >= 4 is 21.8 Å². The van der Waals surface area contributed by atoms with Gasteiger partial charge in [0.1, 0.15) is 17.3 Å². The van der Waals surface area contributed by atoms with Gasteiger partial charge < -0.3 is 4.74 Å². The van der Waals surface area contributed by atoms with E-state index in [0.717, 1.165) is 57.4 Å². The van der Waals surface area contributed by atoms with E-state index in [1.807, 2.05) is 29.1 Å². The molecule has 0 N–H and O–H groups in total. The summed E-state index contributed by atoms with van der Waals surface area (Å²) in [5.74, 6) is 3.42. The van der Waals surface area contributed by atoms with Crippen molar-refractivity contribution in [1.29, 1.82) is 0 Å². The monoisotopic (exact) mass is 646 g/mol. The lowest BCUT2D eigenvalue weighted by atomic mass is 9.77. The highest BCUT2D eigenvalue weighted by Crippen LogP contribution is 2.40. The van der Waals surface area contributed by atoms with Gasteiger partial charge >= 0.3 is 0 Å². The van der Waals surface area contributed by atoms with Gasteiger partial charge in [-0.05, 0) is 103 Å². The molecule has 0 aliphatic carbocycles. The largest absolute Gasteiger partial charge is 0.457 e. The molecule has 0 fully saturated rings. The highest BCUT2D eigenvalue weighted by molar-refractivity contribution is 6.09. The number of hydrogen-bond acceptors (Lipinski definition) is 3. The lowest BCUT2D eigenvalue weighted by Crippen LogP contribution is -2.15.